The summed E-state index contributed by atoms with van der Waals surface area (Å²) in [5.74, 6) is -0.213. The van der Waals surface area contributed by atoms with Gasteiger partial charge in [-0.1, -0.05) is 17.7 Å². The Hall–Kier alpha value is -3.22. The van der Waals surface area contributed by atoms with Crippen LogP contribution in [0.25, 0.3) is 0 Å². The minimum Gasteiger partial charge on any atom is -0.335 e. The van der Waals surface area contributed by atoms with E-state index in [9.17, 15) is 19.7 Å². The molecule has 7 nitrogen and oxygen atoms in total. The molecule has 1 aliphatic heterocycles. The zero-order chi connectivity index (χ0) is 18.7. The largest absolute Gasteiger partial charge is 0.335 e. The number of benzene rings is 2. The van der Waals surface area contributed by atoms with E-state index in [4.69, 9.17) is 0 Å². The SMILES string of the molecule is Cc1ccc(C(=O)N2CCN(C(=O)c3ccc([N+](=O)[O-])cc3)CC2)cc1. The van der Waals surface area contributed by atoms with Crippen molar-refractivity contribution in [3.63, 3.8) is 0 Å². The van der Waals surface area contributed by atoms with Gasteiger partial charge in [-0.25, -0.2) is 0 Å². The third kappa shape index (κ3) is 3.72. The van der Waals surface area contributed by atoms with Crippen molar-refractivity contribution >= 4 is 17.5 Å². The van der Waals surface area contributed by atoms with Crippen molar-refractivity contribution in [1.82, 2.24) is 9.80 Å². The molecule has 1 heterocycles. The number of aryl methyl sites for hydroxylation is 1. The van der Waals surface area contributed by atoms with E-state index in [1.165, 1.54) is 24.3 Å². The fourth-order valence-corrected chi connectivity index (χ4v) is 2.90. The van der Waals surface area contributed by atoms with E-state index in [1.54, 1.807) is 9.80 Å². The Bertz CT molecular complexity index is 823. The van der Waals surface area contributed by atoms with Crippen LogP contribution in [0.2, 0.25) is 0 Å². The minimum atomic E-state index is -0.496. The van der Waals surface area contributed by atoms with Crippen molar-refractivity contribution in [2.45, 2.75) is 6.92 Å². The lowest BCUT2D eigenvalue weighted by molar-refractivity contribution is -0.384. The van der Waals surface area contributed by atoms with Crippen LogP contribution in [0.1, 0.15) is 26.3 Å². The molecule has 0 N–H and O–H groups in total. The van der Waals surface area contributed by atoms with E-state index >= 15 is 0 Å². The number of hydrogen-bond acceptors (Lipinski definition) is 4. The van der Waals surface area contributed by atoms with E-state index in [1.807, 2.05) is 31.2 Å². The summed E-state index contributed by atoms with van der Waals surface area (Å²) in [6, 6.07) is 13.0. The van der Waals surface area contributed by atoms with Crippen LogP contribution >= 0.6 is 0 Å². The van der Waals surface area contributed by atoms with Gasteiger partial charge in [0.15, 0.2) is 0 Å². The van der Waals surface area contributed by atoms with Crippen molar-refractivity contribution in [3.8, 4) is 0 Å². The molecular formula is C19H19N3O4. The monoisotopic (exact) mass is 353 g/mol. The van der Waals surface area contributed by atoms with Crippen LogP contribution in [-0.2, 0) is 0 Å². The molecule has 0 bridgehead atoms. The third-order valence-electron chi connectivity index (χ3n) is 4.48. The zero-order valence-electron chi connectivity index (χ0n) is 14.4. The van der Waals surface area contributed by atoms with Crippen molar-refractivity contribution in [1.29, 1.82) is 0 Å². The number of piperazine rings is 1. The van der Waals surface area contributed by atoms with Crippen LogP contribution in [0.5, 0.6) is 0 Å². The van der Waals surface area contributed by atoms with Gasteiger partial charge in [-0.2, -0.15) is 0 Å². The molecular weight excluding hydrogens is 334 g/mol. The molecule has 0 spiro atoms. The second-order valence-corrected chi connectivity index (χ2v) is 6.25. The van der Waals surface area contributed by atoms with Crippen molar-refractivity contribution < 1.29 is 14.5 Å². The number of amides is 2. The van der Waals surface area contributed by atoms with E-state index < -0.39 is 4.92 Å². The average molecular weight is 353 g/mol. The highest BCUT2D eigenvalue weighted by atomic mass is 16.6. The lowest BCUT2D eigenvalue weighted by atomic mass is 10.1. The molecule has 26 heavy (non-hydrogen) atoms. The van der Waals surface area contributed by atoms with Crippen molar-refractivity contribution in [2.75, 3.05) is 26.2 Å². The maximum atomic E-state index is 12.5. The number of carbonyl (C=O) groups excluding carboxylic acids is 2. The molecule has 3 rings (SSSR count). The highest BCUT2D eigenvalue weighted by Gasteiger charge is 2.25. The van der Waals surface area contributed by atoms with Crippen LogP contribution < -0.4 is 0 Å². The van der Waals surface area contributed by atoms with Crippen molar-refractivity contribution in [3.05, 3.63) is 75.3 Å². The number of rotatable bonds is 3. The Kier molecular flexibility index (Phi) is 4.97. The number of nitro benzene ring substituents is 1. The molecule has 0 aromatic heterocycles. The Labute approximate surface area is 151 Å². The van der Waals surface area contributed by atoms with Gasteiger partial charge in [-0.3, -0.25) is 19.7 Å². The molecule has 1 fully saturated rings. The van der Waals surface area contributed by atoms with Gasteiger partial charge < -0.3 is 9.80 Å². The Morgan fingerprint density at radius 3 is 1.58 bits per heavy atom. The number of carbonyl (C=O) groups is 2. The standard InChI is InChI=1S/C19H19N3O4/c1-14-2-4-15(5-3-14)18(23)20-10-12-21(13-11-20)19(24)16-6-8-17(9-7-16)22(25)26/h2-9H,10-13H2,1H3. The predicted octanol–water partition coefficient (Wildman–Crippen LogP) is 2.50. The molecule has 0 unspecified atom stereocenters. The molecule has 0 aliphatic carbocycles. The maximum absolute atomic E-state index is 12.5. The zero-order valence-corrected chi connectivity index (χ0v) is 14.4. The van der Waals surface area contributed by atoms with Gasteiger partial charge in [0.2, 0.25) is 0 Å². The molecule has 0 radical (unpaired) electrons. The fourth-order valence-electron chi connectivity index (χ4n) is 2.90. The molecule has 134 valence electrons. The van der Waals surface area contributed by atoms with Crippen LogP contribution in [0.15, 0.2) is 48.5 Å². The maximum Gasteiger partial charge on any atom is 0.269 e. The summed E-state index contributed by atoms with van der Waals surface area (Å²) in [7, 11) is 0. The normalized spacial score (nSPS) is 14.2. The quantitative estimate of drug-likeness (QED) is 0.627. The molecule has 1 aliphatic rings. The van der Waals surface area contributed by atoms with Crippen LogP contribution in [-0.4, -0.2) is 52.7 Å². The summed E-state index contributed by atoms with van der Waals surface area (Å²) in [4.78, 5) is 38.6. The number of nitro groups is 1. The smallest absolute Gasteiger partial charge is 0.269 e. The van der Waals surface area contributed by atoms with Crippen molar-refractivity contribution in [2.24, 2.45) is 0 Å². The Balaban J connectivity index is 1.60. The van der Waals surface area contributed by atoms with Gasteiger partial charge in [0.1, 0.15) is 0 Å². The second-order valence-electron chi connectivity index (χ2n) is 6.25. The van der Waals surface area contributed by atoms with Crippen LogP contribution in [0.4, 0.5) is 5.69 Å². The summed E-state index contributed by atoms with van der Waals surface area (Å²) in [6.45, 7) is 3.77. The molecule has 2 aromatic carbocycles. The summed E-state index contributed by atoms with van der Waals surface area (Å²) >= 11 is 0. The summed E-state index contributed by atoms with van der Waals surface area (Å²) < 4.78 is 0. The van der Waals surface area contributed by atoms with Gasteiger partial charge in [-0.15, -0.1) is 0 Å². The topological polar surface area (TPSA) is 83.8 Å². The van der Waals surface area contributed by atoms with Gasteiger partial charge in [0, 0.05) is 49.4 Å². The third-order valence-corrected chi connectivity index (χ3v) is 4.48. The summed E-state index contributed by atoms with van der Waals surface area (Å²) in [6.07, 6.45) is 0. The van der Waals surface area contributed by atoms with E-state index in [0.717, 1.165) is 5.56 Å². The Morgan fingerprint density at radius 1 is 0.808 bits per heavy atom. The summed E-state index contributed by atoms with van der Waals surface area (Å²) in [5.41, 5.74) is 2.11. The number of nitrogens with zero attached hydrogens (tertiary/aromatic N) is 3. The lowest BCUT2D eigenvalue weighted by Crippen LogP contribution is -2.50. The number of non-ortho nitro benzene ring substituents is 1. The first-order valence-corrected chi connectivity index (χ1v) is 8.35. The average Bonchev–Trinajstić information content (AvgIpc) is 2.67. The molecule has 2 amide bonds. The van der Waals surface area contributed by atoms with E-state index in [0.29, 0.717) is 37.3 Å². The lowest BCUT2D eigenvalue weighted by Gasteiger charge is -2.34. The molecule has 0 atom stereocenters. The second kappa shape index (κ2) is 7.35. The van der Waals surface area contributed by atoms with Crippen LogP contribution in [0.3, 0.4) is 0 Å². The number of hydrogen-bond donors (Lipinski definition) is 0. The van der Waals surface area contributed by atoms with Gasteiger partial charge >= 0.3 is 0 Å². The first-order chi connectivity index (χ1) is 12.5. The molecule has 2 aromatic rings. The highest BCUT2D eigenvalue weighted by molar-refractivity contribution is 5.96. The first kappa shape index (κ1) is 17.6. The predicted molar refractivity (Wildman–Crippen MR) is 96.1 cm³/mol. The van der Waals surface area contributed by atoms with Gasteiger partial charge in [0.05, 0.1) is 4.92 Å². The molecule has 1 saturated heterocycles. The van der Waals surface area contributed by atoms with E-state index in [-0.39, 0.29) is 17.5 Å². The summed E-state index contributed by atoms with van der Waals surface area (Å²) in [5, 5.41) is 10.7. The van der Waals surface area contributed by atoms with Gasteiger partial charge in [0.25, 0.3) is 17.5 Å². The first-order valence-electron chi connectivity index (χ1n) is 8.35. The highest BCUT2D eigenvalue weighted by Crippen LogP contribution is 2.16. The van der Waals surface area contributed by atoms with Crippen LogP contribution in [0, 0.1) is 17.0 Å². The molecule has 0 saturated carbocycles. The Morgan fingerprint density at radius 2 is 1.19 bits per heavy atom. The molecule has 7 heteroatoms. The minimum absolute atomic E-state index is 0.0348. The fraction of sp³-hybridized carbons (Fsp3) is 0.263. The van der Waals surface area contributed by atoms with E-state index in [2.05, 4.69) is 0 Å². The van der Waals surface area contributed by atoms with Gasteiger partial charge in [-0.05, 0) is 31.2 Å².